The highest BCUT2D eigenvalue weighted by molar-refractivity contribution is 5.45. The lowest BCUT2D eigenvalue weighted by Crippen LogP contribution is -2.22. The smallest absolute Gasteiger partial charge is 0.0342 e. The highest BCUT2D eigenvalue weighted by Crippen LogP contribution is 2.22. The normalized spacial score (nSPS) is 17.0. The van der Waals surface area contributed by atoms with Crippen LogP contribution in [-0.4, -0.2) is 6.04 Å². The summed E-state index contributed by atoms with van der Waals surface area (Å²) in [5, 5.41) is 3.66. The largest absolute Gasteiger partial charge is 0.382 e. The number of unbranched alkanes of at least 4 members (excludes halogenated alkanes) is 1. The van der Waals surface area contributed by atoms with Crippen LogP contribution in [0.4, 0.5) is 5.69 Å². The summed E-state index contributed by atoms with van der Waals surface area (Å²) in [5.41, 5.74) is 2.78. The van der Waals surface area contributed by atoms with Gasteiger partial charge in [0.05, 0.1) is 0 Å². The molecule has 0 bridgehead atoms. The lowest BCUT2D eigenvalue weighted by Gasteiger charge is -2.23. The molecule has 1 aliphatic rings. The van der Waals surface area contributed by atoms with E-state index in [-0.39, 0.29) is 0 Å². The molecule has 0 unspecified atom stereocenters. The van der Waals surface area contributed by atoms with Crippen molar-refractivity contribution >= 4 is 5.69 Å². The van der Waals surface area contributed by atoms with E-state index < -0.39 is 0 Å². The first-order chi connectivity index (χ1) is 8.38. The standard InChI is InChI=1S/C16H25N/c1-2-3-7-14-10-12-16(13-11-14)17-15-8-5-4-6-9-15/h10-13,15,17H,2-9H2,1H3. The molecule has 1 aliphatic carbocycles. The molecule has 2 rings (SSSR count). The molecule has 0 saturated heterocycles. The number of aryl methyl sites for hydroxylation is 1. The van der Waals surface area contributed by atoms with Crippen LogP contribution in [0.1, 0.15) is 57.4 Å². The first-order valence-corrected chi connectivity index (χ1v) is 7.24. The van der Waals surface area contributed by atoms with Crippen molar-refractivity contribution in [2.45, 2.75) is 64.3 Å². The van der Waals surface area contributed by atoms with Gasteiger partial charge in [-0.1, -0.05) is 44.7 Å². The number of benzene rings is 1. The number of rotatable bonds is 5. The van der Waals surface area contributed by atoms with E-state index in [1.165, 1.54) is 62.6 Å². The van der Waals surface area contributed by atoms with E-state index in [1.54, 1.807) is 0 Å². The molecule has 0 atom stereocenters. The molecule has 1 heteroatoms. The van der Waals surface area contributed by atoms with Gasteiger partial charge in [0.25, 0.3) is 0 Å². The maximum absolute atomic E-state index is 3.66. The van der Waals surface area contributed by atoms with Gasteiger partial charge in [0.1, 0.15) is 0 Å². The van der Waals surface area contributed by atoms with Gasteiger partial charge in [-0.2, -0.15) is 0 Å². The Labute approximate surface area is 106 Å². The van der Waals surface area contributed by atoms with Crippen molar-refractivity contribution < 1.29 is 0 Å². The fourth-order valence-electron chi connectivity index (χ4n) is 2.63. The molecule has 1 N–H and O–H groups in total. The quantitative estimate of drug-likeness (QED) is 0.769. The van der Waals surface area contributed by atoms with Crippen molar-refractivity contribution in [2.24, 2.45) is 0 Å². The third-order valence-corrected chi connectivity index (χ3v) is 3.75. The van der Waals surface area contributed by atoms with E-state index in [1.807, 2.05) is 0 Å². The molecular weight excluding hydrogens is 206 g/mol. The van der Waals surface area contributed by atoms with Crippen molar-refractivity contribution in [1.82, 2.24) is 0 Å². The van der Waals surface area contributed by atoms with Crippen LogP contribution in [0, 0.1) is 0 Å². The average Bonchev–Trinajstić information content (AvgIpc) is 2.39. The zero-order chi connectivity index (χ0) is 11.9. The highest BCUT2D eigenvalue weighted by atomic mass is 14.9. The topological polar surface area (TPSA) is 12.0 Å². The third kappa shape index (κ3) is 4.07. The molecule has 17 heavy (non-hydrogen) atoms. The number of hydrogen-bond acceptors (Lipinski definition) is 1. The highest BCUT2D eigenvalue weighted by Gasteiger charge is 2.12. The minimum Gasteiger partial charge on any atom is -0.382 e. The van der Waals surface area contributed by atoms with E-state index in [2.05, 4.69) is 36.5 Å². The van der Waals surface area contributed by atoms with Gasteiger partial charge >= 0.3 is 0 Å². The monoisotopic (exact) mass is 231 g/mol. The molecular formula is C16H25N. The van der Waals surface area contributed by atoms with E-state index in [0.29, 0.717) is 6.04 Å². The van der Waals surface area contributed by atoms with Crippen LogP contribution in [0.25, 0.3) is 0 Å². The van der Waals surface area contributed by atoms with Gasteiger partial charge in [0.15, 0.2) is 0 Å². The Morgan fingerprint density at radius 3 is 2.41 bits per heavy atom. The number of nitrogens with one attached hydrogen (secondary N) is 1. The summed E-state index contributed by atoms with van der Waals surface area (Å²) in [6.07, 6.45) is 10.7. The summed E-state index contributed by atoms with van der Waals surface area (Å²) in [6, 6.07) is 9.77. The maximum Gasteiger partial charge on any atom is 0.0342 e. The van der Waals surface area contributed by atoms with Gasteiger partial charge in [-0.25, -0.2) is 0 Å². The van der Waals surface area contributed by atoms with Crippen LogP contribution >= 0.6 is 0 Å². The van der Waals surface area contributed by atoms with Crippen LogP contribution in [0.15, 0.2) is 24.3 Å². The van der Waals surface area contributed by atoms with Crippen molar-refractivity contribution in [3.63, 3.8) is 0 Å². The zero-order valence-corrected chi connectivity index (χ0v) is 11.0. The molecule has 0 amide bonds. The van der Waals surface area contributed by atoms with Gasteiger partial charge in [0.2, 0.25) is 0 Å². The Balaban J connectivity index is 1.84. The van der Waals surface area contributed by atoms with Crippen LogP contribution in [0.5, 0.6) is 0 Å². The second-order valence-corrected chi connectivity index (χ2v) is 5.28. The molecule has 0 spiro atoms. The molecule has 0 aliphatic heterocycles. The Hall–Kier alpha value is -0.980. The lowest BCUT2D eigenvalue weighted by molar-refractivity contribution is 0.463. The van der Waals surface area contributed by atoms with E-state index in [4.69, 9.17) is 0 Å². The van der Waals surface area contributed by atoms with Crippen LogP contribution in [-0.2, 0) is 6.42 Å². The van der Waals surface area contributed by atoms with Gasteiger partial charge in [-0.15, -0.1) is 0 Å². The Morgan fingerprint density at radius 2 is 1.76 bits per heavy atom. The van der Waals surface area contributed by atoms with E-state index >= 15 is 0 Å². The zero-order valence-electron chi connectivity index (χ0n) is 11.0. The fourth-order valence-corrected chi connectivity index (χ4v) is 2.63. The lowest BCUT2D eigenvalue weighted by atomic mass is 9.95. The second kappa shape index (κ2) is 6.68. The summed E-state index contributed by atoms with van der Waals surface area (Å²) in [6.45, 7) is 2.25. The van der Waals surface area contributed by atoms with Gasteiger partial charge in [-0.05, 0) is 43.4 Å². The Kier molecular flexibility index (Phi) is 4.90. The summed E-state index contributed by atoms with van der Waals surface area (Å²) >= 11 is 0. The predicted molar refractivity (Wildman–Crippen MR) is 75.5 cm³/mol. The van der Waals surface area contributed by atoms with Crippen molar-refractivity contribution in [3.05, 3.63) is 29.8 Å². The first kappa shape index (κ1) is 12.5. The molecule has 1 aromatic rings. The number of hydrogen-bond donors (Lipinski definition) is 1. The Bertz CT molecular complexity index is 309. The predicted octanol–water partition coefficient (Wildman–Crippen LogP) is 4.77. The van der Waals surface area contributed by atoms with Crippen molar-refractivity contribution in [3.8, 4) is 0 Å². The van der Waals surface area contributed by atoms with Crippen molar-refractivity contribution in [2.75, 3.05) is 5.32 Å². The average molecular weight is 231 g/mol. The summed E-state index contributed by atoms with van der Waals surface area (Å²) < 4.78 is 0. The molecule has 0 aromatic heterocycles. The molecule has 1 nitrogen and oxygen atoms in total. The SMILES string of the molecule is CCCCc1ccc(NC2CCCCC2)cc1. The van der Waals surface area contributed by atoms with E-state index in [9.17, 15) is 0 Å². The molecule has 1 fully saturated rings. The van der Waals surface area contributed by atoms with Gasteiger partial charge < -0.3 is 5.32 Å². The van der Waals surface area contributed by atoms with Crippen LogP contribution in [0.2, 0.25) is 0 Å². The van der Waals surface area contributed by atoms with Gasteiger partial charge in [0, 0.05) is 11.7 Å². The first-order valence-electron chi connectivity index (χ1n) is 7.24. The minimum absolute atomic E-state index is 0.713. The Morgan fingerprint density at radius 1 is 1.06 bits per heavy atom. The fraction of sp³-hybridized carbons (Fsp3) is 0.625. The van der Waals surface area contributed by atoms with Crippen LogP contribution in [0.3, 0.4) is 0 Å². The minimum atomic E-state index is 0.713. The van der Waals surface area contributed by atoms with Crippen LogP contribution < -0.4 is 5.32 Å². The van der Waals surface area contributed by atoms with Gasteiger partial charge in [-0.3, -0.25) is 0 Å². The molecule has 0 heterocycles. The van der Waals surface area contributed by atoms with E-state index in [0.717, 1.165) is 0 Å². The maximum atomic E-state index is 3.66. The molecule has 0 radical (unpaired) electrons. The summed E-state index contributed by atoms with van der Waals surface area (Å²) in [7, 11) is 0. The second-order valence-electron chi connectivity index (χ2n) is 5.28. The molecule has 94 valence electrons. The molecule has 1 aromatic carbocycles. The molecule has 1 saturated carbocycles. The summed E-state index contributed by atoms with van der Waals surface area (Å²) in [4.78, 5) is 0. The number of anilines is 1. The van der Waals surface area contributed by atoms with Crippen molar-refractivity contribution in [1.29, 1.82) is 0 Å². The summed E-state index contributed by atoms with van der Waals surface area (Å²) in [5.74, 6) is 0. The third-order valence-electron chi connectivity index (χ3n) is 3.75.